The Hall–Kier alpha value is -1.40. The summed E-state index contributed by atoms with van der Waals surface area (Å²) in [6.07, 6.45) is 0.474. The zero-order chi connectivity index (χ0) is 10.8. The Bertz CT molecular complexity index is 411. The lowest BCUT2D eigenvalue weighted by Gasteiger charge is -2.13. The molecule has 3 heteroatoms. The van der Waals surface area contributed by atoms with Gasteiger partial charge in [-0.25, -0.2) is 4.39 Å². The minimum absolute atomic E-state index is 0.146. The van der Waals surface area contributed by atoms with Gasteiger partial charge in [0.05, 0.1) is 18.1 Å². The maximum absolute atomic E-state index is 13.3. The molecule has 1 saturated heterocycles. The minimum Gasteiger partial charge on any atom is -0.372 e. The van der Waals surface area contributed by atoms with E-state index in [-0.39, 0.29) is 17.8 Å². The highest BCUT2D eigenvalue weighted by molar-refractivity contribution is 5.26. The first-order chi connectivity index (χ1) is 7.22. The van der Waals surface area contributed by atoms with Crippen molar-refractivity contribution in [3.63, 3.8) is 0 Å². The standard InChI is InChI=1S/C12H12FNO/c1-8-2-3-9(6-11(8)13)12-10(7-14)4-5-15-12/h2-3,6,10,12H,4-5H2,1H3. The van der Waals surface area contributed by atoms with Crippen molar-refractivity contribution < 1.29 is 9.13 Å². The van der Waals surface area contributed by atoms with Crippen LogP contribution in [0.4, 0.5) is 4.39 Å². The van der Waals surface area contributed by atoms with Gasteiger partial charge in [0, 0.05) is 6.61 Å². The lowest BCUT2D eigenvalue weighted by Crippen LogP contribution is -2.05. The van der Waals surface area contributed by atoms with Crippen LogP contribution in [0.3, 0.4) is 0 Å². The average molecular weight is 205 g/mol. The molecule has 1 fully saturated rings. The van der Waals surface area contributed by atoms with Crippen LogP contribution in [0.15, 0.2) is 18.2 Å². The average Bonchev–Trinajstić information content (AvgIpc) is 2.70. The predicted molar refractivity (Wildman–Crippen MR) is 53.6 cm³/mol. The fourth-order valence-electron chi connectivity index (χ4n) is 1.84. The first-order valence-electron chi connectivity index (χ1n) is 4.99. The van der Waals surface area contributed by atoms with E-state index in [2.05, 4.69) is 6.07 Å². The van der Waals surface area contributed by atoms with Crippen molar-refractivity contribution >= 4 is 0 Å². The van der Waals surface area contributed by atoms with Gasteiger partial charge in [0.25, 0.3) is 0 Å². The minimum atomic E-state index is -0.259. The molecule has 1 aromatic rings. The van der Waals surface area contributed by atoms with E-state index in [1.165, 1.54) is 6.07 Å². The summed E-state index contributed by atoms with van der Waals surface area (Å²) < 4.78 is 18.8. The van der Waals surface area contributed by atoms with Gasteiger partial charge in [-0.1, -0.05) is 12.1 Å². The molecule has 0 saturated carbocycles. The second kappa shape index (κ2) is 4.00. The lowest BCUT2D eigenvalue weighted by molar-refractivity contribution is 0.100. The molecule has 0 aliphatic carbocycles. The predicted octanol–water partition coefficient (Wildman–Crippen LogP) is 2.74. The monoisotopic (exact) mass is 205 g/mol. The summed E-state index contributed by atoms with van der Waals surface area (Å²) in [5.74, 6) is -0.383. The van der Waals surface area contributed by atoms with Crippen LogP contribution in [0.1, 0.15) is 23.7 Å². The number of nitrogens with zero attached hydrogens (tertiary/aromatic N) is 1. The summed E-state index contributed by atoms with van der Waals surface area (Å²) in [4.78, 5) is 0. The highest BCUT2D eigenvalue weighted by atomic mass is 19.1. The summed E-state index contributed by atoms with van der Waals surface area (Å²) in [6, 6.07) is 7.22. The highest BCUT2D eigenvalue weighted by Gasteiger charge is 2.29. The Morgan fingerprint density at radius 1 is 1.53 bits per heavy atom. The molecule has 0 N–H and O–H groups in total. The van der Waals surface area contributed by atoms with Gasteiger partial charge in [0.2, 0.25) is 0 Å². The van der Waals surface area contributed by atoms with Crippen LogP contribution in [-0.2, 0) is 4.74 Å². The maximum Gasteiger partial charge on any atom is 0.126 e. The van der Waals surface area contributed by atoms with Gasteiger partial charge in [-0.05, 0) is 30.5 Å². The fraction of sp³-hybridized carbons (Fsp3) is 0.417. The zero-order valence-electron chi connectivity index (χ0n) is 8.53. The van der Waals surface area contributed by atoms with Crippen LogP contribution in [0.25, 0.3) is 0 Å². The summed E-state index contributed by atoms with van der Waals surface area (Å²) in [5.41, 5.74) is 1.38. The number of ether oxygens (including phenoxy) is 1. The number of nitriles is 1. The van der Waals surface area contributed by atoms with Gasteiger partial charge in [0.15, 0.2) is 0 Å². The van der Waals surface area contributed by atoms with Gasteiger partial charge < -0.3 is 4.74 Å². The smallest absolute Gasteiger partial charge is 0.126 e. The van der Waals surface area contributed by atoms with E-state index in [4.69, 9.17) is 10.00 Å². The van der Waals surface area contributed by atoms with E-state index < -0.39 is 0 Å². The normalized spacial score (nSPS) is 25.1. The molecule has 0 radical (unpaired) electrons. The van der Waals surface area contributed by atoms with Crippen LogP contribution >= 0.6 is 0 Å². The molecule has 15 heavy (non-hydrogen) atoms. The SMILES string of the molecule is Cc1ccc(C2OCCC2C#N)cc1F. The number of halogens is 1. The van der Waals surface area contributed by atoms with Crippen LogP contribution in [-0.4, -0.2) is 6.61 Å². The molecule has 0 aromatic heterocycles. The van der Waals surface area contributed by atoms with Crippen molar-refractivity contribution in [2.24, 2.45) is 5.92 Å². The molecule has 1 aromatic carbocycles. The van der Waals surface area contributed by atoms with Crippen molar-refractivity contribution in [2.45, 2.75) is 19.4 Å². The Morgan fingerprint density at radius 3 is 3.00 bits per heavy atom. The molecular weight excluding hydrogens is 193 g/mol. The number of hydrogen-bond acceptors (Lipinski definition) is 2. The Labute approximate surface area is 88.3 Å². The topological polar surface area (TPSA) is 33.0 Å². The Kier molecular flexibility index (Phi) is 2.70. The summed E-state index contributed by atoms with van der Waals surface area (Å²) in [6.45, 7) is 2.30. The molecule has 2 rings (SSSR count). The Morgan fingerprint density at radius 2 is 2.33 bits per heavy atom. The van der Waals surface area contributed by atoms with Gasteiger partial charge in [-0.2, -0.15) is 5.26 Å². The van der Waals surface area contributed by atoms with Crippen LogP contribution < -0.4 is 0 Å². The van der Waals surface area contributed by atoms with E-state index in [0.717, 1.165) is 12.0 Å². The molecule has 1 aliphatic rings. The molecule has 1 aliphatic heterocycles. The largest absolute Gasteiger partial charge is 0.372 e. The zero-order valence-corrected chi connectivity index (χ0v) is 8.53. The molecule has 2 nitrogen and oxygen atoms in total. The molecule has 0 amide bonds. The Balaban J connectivity index is 2.30. The van der Waals surface area contributed by atoms with Crippen molar-refractivity contribution in [2.75, 3.05) is 6.61 Å². The van der Waals surface area contributed by atoms with Crippen molar-refractivity contribution in [1.29, 1.82) is 5.26 Å². The van der Waals surface area contributed by atoms with Crippen LogP contribution in [0, 0.1) is 30.0 Å². The van der Waals surface area contributed by atoms with Crippen molar-refractivity contribution in [1.82, 2.24) is 0 Å². The van der Waals surface area contributed by atoms with Gasteiger partial charge >= 0.3 is 0 Å². The highest BCUT2D eigenvalue weighted by Crippen LogP contribution is 2.34. The molecule has 0 spiro atoms. The summed E-state index contributed by atoms with van der Waals surface area (Å²) in [5, 5.41) is 8.90. The van der Waals surface area contributed by atoms with Crippen LogP contribution in [0.5, 0.6) is 0 Å². The number of aryl methyl sites for hydroxylation is 1. The molecule has 78 valence electrons. The van der Waals surface area contributed by atoms with Gasteiger partial charge in [-0.3, -0.25) is 0 Å². The quantitative estimate of drug-likeness (QED) is 0.706. The molecule has 2 unspecified atom stereocenters. The second-order valence-corrected chi connectivity index (χ2v) is 3.82. The molecule has 2 atom stereocenters. The number of hydrogen-bond donors (Lipinski definition) is 0. The molecule has 0 bridgehead atoms. The van der Waals surface area contributed by atoms with Gasteiger partial charge in [0.1, 0.15) is 5.82 Å². The number of rotatable bonds is 1. The van der Waals surface area contributed by atoms with Gasteiger partial charge in [-0.15, -0.1) is 0 Å². The second-order valence-electron chi connectivity index (χ2n) is 3.82. The van der Waals surface area contributed by atoms with E-state index in [1.54, 1.807) is 13.0 Å². The first-order valence-corrected chi connectivity index (χ1v) is 4.99. The maximum atomic E-state index is 13.3. The molecule has 1 heterocycles. The van der Waals surface area contributed by atoms with E-state index in [9.17, 15) is 4.39 Å². The number of benzene rings is 1. The third kappa shape index (κ3) is 1.86. The first kappa shape index (κ1) is 10.1. The third-order valence-electron chi connectivity index (χ3n) is 2.78. The van der Waals surface area contributed by atoms with E-state index in [1.807, 2.05) is 6.07 Å². The summed E-state index contributed by atoms with van der Waals surface area (Å²) in [7, 11) is 0. The van der Waals surface area contributed by atoms with E-state index in [0.29, 0.717) is 12.2 Å². The van der Waals surface area contributed by atoms with Crippen molar-refractivity contribution in [3.8, 4) is 6.07 Å². The molecular formula is C12H12FNO. The lowest BCUT2D eigenvalue weighted by atomic mass is 9.96. The van der Waals surface area contributed by atoms with Crippen molar-refractivity contribution in [3.05, 3.63) is 35.1 Å². The van der Waals surface area contributed by atoms with E-state index >= 15 is 0 Å². The van der Waals surface area contributed by atoms with Crippen LogP contribution in [0.2, 0.25) is 0 Å². The third-order valence-corrected chi connectivity index (χ3v) is 2.78. The summed E-state index contributed by atoms with van der Waals surface area (Å²) >= 11 is 0. The fourth-order valence-corrected chi connectivity index (χ4v) is 1.84.